The molecule has 2 heterocycles. The van der Waals surface area contributed by atoms with E-state index in [-0.39, 0.29) is 5.52 Å². The van der Waals surface area contributed by atoms with Crippen molar-refractivity contribution in [2.45, 2.75) is 31.3 Å². The molecule has 0 atom stereocenters. The van der Waals surface area contributed by atoms with Crippen LogP contribution in [0, 0.1) is 0 Å². The lowest BCUT2D eigenvalue weighted by molar-refractivity contribution is -0.136. The van der Waals surface area contributed by atoms with Gasteiger partial charge in [-0.3, -0.25) is 14.5 Å². The Labute approximate surface area is 187 Å². The van der Waals surface area contributed by atoms with Crippen molar-refractivity contribution in [1.29, 1.82) is 0 Å². The summed E-state index contributed by atoms with van der Waals surface area (Å²) in [6.45, 7) is 2.60. The van der Waals surface area contributed by atoms with Gasteiger partial charge in [-0.1, -0.05) is 36.4 Å². The van der Waals surface area contributed by atoms with Crippen molar-refractivity contribution in [3.05, 3.63) is 64.8 Å². The number of rotatable bonds is 3. The summed E-state index contributed by atoms with van der Waals surface area (Å²) >= 11 is 1.53. The normalized spacial score (nSPS) is 13.5. The van der Waals surface area contributed by atoms with Gasteiger partial charge in [-0.25, -0.2) is 4.98 Å². The third-order valence-electron chi connectivity index (χ3n) is 5.23. The highest BCUT2D eigenvalue weighted by atomic mass is 32.2. The summed E-state index contributed by atoms with van der Waals surface area (Å²) in [4.78, 5) is 30.3. The SMILES string of the molecule is CC(=O)N(C(C)=O)c1ccccc1/C=C/c1nc2c(C(F)(F)F)cccc2c2c1CCS2. The van der Waals surface area contributed by atoms with Crippen LogP contribution >= 0.6 is 11.8 Å². The number of pyridine rings is 1. The number of alkyl halides is 3. The van der Waals surface area contributed by atoms with E-state index in [1.165, 1.54) is 31.7 Å². The topological polar surface area (TPSA) is 50.3 Å². The van der Waals surface area contributed by atoms with E-state index < -0.39 is 23.6 Å². The number of carbonyl (C=O) groups excluding carboxylic acids is 2. The molecule has 0 N–H and O–H groups in total. The second-order valence-corrected chi connectivity index (χ2v) is 8.47. The number of fused-ring (bicyclic) bond motifs is 3. The third kappa shape index (κ3) is 4.02. The van der Waals surface area contributed by atoms with E-state index >= 15 is 0 Å². The van der Waals surface area contributed by atoms with Crippen molar-refractivity contribution < 1.29 is 22.8 Å². The molecule has 2 amide bonds. The minimum Gasteiger partial charge on any atom is -0.274 e. The van der Waals surface area contributed by atoms with Crippen LogP contribution in [0.4, 0.5) is 18.9 Å². The molecule has 1 aromatic heterocycles. The molecule has 32 heavy (non-hydrogen) atoms. The maximum Gasteiger partial charge on any atom is 0.418 e. The standard InChI is InChI=1S/C24H19F3N2O2S/c1-14(30)29(15(2)31)21-9-4-3-6-16(21)10-11-20-17-12-13-32-23(17)18-7-5-8-19(22(18)28-20)24(25,26)27/h3-11H,12-13H2,1-2H3/b11-10+. The number of benzene rings is 2. The molecule has 0 fully saturated rings. The molecule has 4 nitrogen and oxygen atoms in total. The Bertz CT molecular complexity index is 1250. The molecular formula is C24H19F3N2O2S. The molecule has 0 saturated heterocycles. The number of nitrogens with zero attached hydrogens (tertiary/aromatic N) is 2. The Hall–Kier alpha value is -3.13. The van der Waals surface area contributed by atoms with E-state index in [2.05, 4.69) is 4.98 Å². The highest BCUT2D eigenvalue weighted by molar-refractivity contribution is 7.99. The van der Waals surface area contributed by atoms with Gasteiger partial charge in [0.1, 0.15) is 0 Å². The number of hydrogen-bond acceptors (Lipinski definition) is 4. The molecule has 3 aromatic rings. The molecule has 2 aromatic carbocycles. The Kier molecular flexibility index (Phi) is 5.81. The van der Waals surface area contributed by atoms with Crippen LogP contribution in [0.3, 0.4) is 0 Å². The average molecular weight is 456 g/mol. The summed E-state index contributed by atoms with van der Waals surface area (Å²) in [5.41, 5.74) is 1.52. The van der Waals surface area contributed by atoms with Crippen LogP contribution in [-0.4, -0.2) is 22.6 Å². The number of aromatic nitrogens is 1. The molecule has 164 valence electrons. The van der Waals surface area contributed by atoms with Crippen LogP contribution in [0.2, 0.25) is 0 Å². The van der Waals surface area contributed by atoms with Crippen molar-refractivity contribution in [2.24, 2.45) is 0 Å². The first-order chi connectivity index (χ1) is 15.2. The van der Waals surface area contributed by atoms with Gasteiger partial charge in [0.05, 0.1) is 22.5 Å². The summed E-state index contributed by atoms with van der Waals surface area (Å²) in [7, 11) is 0. The number of hydrogen-bond donors (Lipinski definition) is 0. The third-order valence-corrected chi connectivity index (χ3v) is 6.39. The van der Waals surface area contributed by atoms with Gasteiger partial charge < -0.3 is 0 Å². The lowest BCUT2D eigenvalue weighted by Gasteiger charge is -2.19. The highest BCUT2D eigenvalue weighted by Gasteiger charge is 2.34. The van der Waals surface area contributed by atoms with Crippen LogP contribution in [0.25, 0.3) is 23.1 Å². The Balaban J connectivity index is 1.87. The van der Waals surface area contributed by atoms with E-state index in [1.54, 1.807) is 42.5 Å². The van der Waals surface area contributed by atoms with Crippen LogP contribution in [0.15, 0.2) is 47.4 Å². The Morgan fingerprint density at radius 3 is 2.44 bits per heavy atom. The Morgan fingerprint density at radius 1 is 1.03 bits per heavy atom. The van der Waals surface area contributed by atoms with Crippen molar-refractivity contribution in [3.8, 4) is 0 Å². The minimum atomic E-state index is -4.51. The first kappa shape index (κ1) is 22.1. The zero-order valence-corrected chi connectivity index (χ0v) is 18.2. The fraction of sp³-hybridized carbons (Fsp3) is 0.208. The van der Waals surface area contributed by atoms with Crippen molar-refractivity contribution in [3.63, 3.8) is 0 Å². The molecule has 1 aliphatic heterocycles. The lowest BCUT2D eigenvalue weighted by Crippen LogP contribution is -2.33. The van der Waals surface area contributed by atoms with E-state index in [1.807, 2.05) is 0 Å². The number of imide groups is 1. The number of thioether (sulfide) groups is 1. The fourth-order valence-corrected chi connectivity index (χ4v) is 5.12. The number of carbonyl (C=O) groups is 2. The largest absolute Gasteiger partial charge is 0.418 e. The number of halogens is 3. The maximum atomic E-state index is 13.6. The summed E-state index contributed by atoms with van der Waals surface area (Å²) in [6.07, 6.45) is -0.467. The van der Waals surface area contributed by atoms with E-state index in [9.17, 15) is 22.8 Å². The molecule has 0 saturated carbocycles. The van der Waals surface area contributed by atoms with E-state index in [4.69, 9.17) is 0 Å². The second kappa shape index (κ2) is 8.43. The molecule has 0 spiro atoms. The smallest absolute Gasteiger partial charge is 0.274 e. The number of anilines is 1. The summed E-state index contributed by atoms with van der Waals surface area (Å²) in [5.74, 6) is -0.0738. The van der Waals surface area contributed by atoms with E-state index in [0.717, 1.165) is 27.2 Å². The molecule has 0 radical (unpaired) electrons. The first-order valence-electron chi connectivity index (χ1n) is 9.92. The molecule has 0 bridgehead atoms. The van der Waals surface area contributed by atoms with Gasteiger partial charge in [-0.05, 0) is 35.8 Å². The van der Waals surface area contributed by atoms with Gasteiger partial charge in [0.2, 0.25) is 11.8 Å². The Morgan fingerprint density at radius 2 is 1.75 bits per heavy atom. The summed E-state index contributed by atoms with van der Waals surface area (Å²) < 4.78 is 40.8. The van der Waals surface area contributed by atoms with Crippen LogP contribution in [-0.2, 0) is 22.2 Å². The zero-order valence-electron chi connectivity index (χ0n) is 17.4. The predicted octanol–water partition coefficient (Wildman–Crippen LogP) is 5.97. The van der Waals surface area contributed by atoms with E-state index in [0.29, 0.717) is 28.8 Å². The second-order valence-electron chi connectivity index (χ2n) is 7.37. The first-order valence-corrected chi connectivity index (χ1v) is 10.9. The van der Waals surface area contributed by atoms with Crippen LogP contribution in [0.1, 0.15) is 36.2 Å². The summed E-state index contributed by atoms with van der Waals surface area (Å²) in [6, 6.07) is 11.0. The average Bonchev–Trinajstić information content (AvgIpc) is 3.21. The molecule has 0 unspecified atom stereocenters. The van der Waals surface area contributed by atoms with Gasteiger partial charge in [-0.15, -0.1) is 11.8 Å². The molecule has 8 heteroatoms. The number of para-hydroxylation sites is 2. The molecule has 1 aliphatic rings. The molecule has 4 rings (SSSR count). The predicted molar refractivity (Wildman–Crippen MR) is 120 cm³/mol. The van der Waals surface area contributed by atoms with Crippen LogP contribution < -0.4 is 4.90 Å². The fourth-order valence-electron chi connectivity index (χ4n) is 3.90. The van der Waals surface area contributed by atoms with Crippen molar-refractivity contribution >= 4 is 52.3 Å². The minimum absolute atomic E-state index is 0.0739. The van der Waals surface area contributed by atoms with Crippen molar-refractivity contribution in [1.82, 2.24) is 4.98 Å². The quantitative estimate of drug-likeness (QED) is 0.487. The molecular weight excluding hydrogens is 437 g/mol. The van der Waals surface area contributed by atoms with Gasteiger partial charge in [-0.2, -0.15) is 13.2 Å². The lowest BCUT2D eigenvalue weighted by atomic mass is 10.0. The zero-order chi connectivity index (χ0) is 23.0. The van der Waals surface area contributed by atoms with Gasteiger partial charge in [0.15, 0.2) is 0 Å². The van der Waals surface area contributed by atoms with Gasteiger partial charge in [0.25, 0.3) is 0 Å². The molecule has 0 aliphatic carbocycles. The summed E-state index contributed by atoms with van der Waals surface area (Å²) in [5, 5.41) is 0.509. The maximum absolute atomic E-state index is 13.6. The van der Waals surface area contributed by atoms with Crippen LogP contribution in [0.5, 0.6) is 0 Å². The van der Waals surface area contributed by atoms with Gasteiger partial charge in [0, 0.05) is 29.9 Å². The van der Waals surface area contributed by atoms with Gasteiger partial charge >= 0.3 is 6.18 Å². The monoisotopic (exact) mass is 456 g/mol. The number of amides is 2. The van der Waals surface area contributed by atoms with Crippen molar-refractivity contribution in [2.75, 3.05) is 10.7 Å². The highest BCUT2D eigenvalue weighted by Crippen LogP contribution is 2.42.